The van der Waals surface area contributed by atoms with Gasteiger partial charge in [-0.15, -0.1) is 11.8 Å². The number of nitrogens with one attached hydrogen (secondary N) is 1. The highest BCUT2D eigenvalue weighted by atomic mass is 32.2. The van der Waals surface area contributed by atoms with E-state index < -0.39 is 0 Å². The molecule has 0 atom stereocenters. The molecule has 0 unspecified atom stereocenters. The molecule has 0 bridgehead atoms. The maximum absolute atomic E-state index is 13.0. The second-order valence-corrected chi connectivity index (χ2v) is 6.39. The van der Waals surface area contributed by atoms with Crippen LogP contribution in [0.3, 0.4) is 0 Å². The Morgan fingerprint density at radius 1 is 1.28 bits per heavy atom. The maximum atomic E-state index is 13.0. The smallest absolute Gasteiger partial charge is 0.124 e. The molecule has 1 aliphatic rings. The van der Waals surface area contributed by atoms with Crippen LogP contribution in [0.15, 0.2) is 29.2 Å². The fraction of sp³-hybridized carbons (Fsp3) is 0.600. The lowest BCUT2D eigenvalue weighted by Crippen LogP contribution is -2.34. The van der Waals surface area contributed by atoms with E-state index in [0.29, 0.717) is 6.04 Å². The maximum Gasteiger partial charge on any atom is 0.124 e. The summed E-state index contributed by atoms with van der Waals surface area (Å²) in [7, 11) is 0. The second-order valence-electron chi connectivity index (χ2n) is 5.22. The zero-order valence-electron chi connectivity index (χ0n) is 11.0. The Morgan fingerprint density at radius 3 is 2.78 bits per heavy atom. The molecule has 3 heteroatoms. The molecular formula is C15H22FNS. The van der Waals surface area contributed by atoms with Crippen LogP contribution in [0, 0.1) is 11.7 Å². The van der Waals surface area contributed by atoms with E-state index in [2.05, 4.69) is 12.2 Å². The number of benzene rings is 1. The molecule has 0 heterocycles. The van der Waals surface area contributed by atoms with E-state index in [1.807, 2.05) is 6.07 Å². The molecule has 0 saturated heterocycles. The summed E-state index contributed by atoms with van der Waals surface area (Å²) in [5.74, 6) is 1.77. The van der Waals surface area contributed by atoms with Gasteiger partial charge in [0.1, 0.15) is 5.82 Å². The van der Waals surface area contributed by atoms with Gasteiger partial charge in [0.25, 0.3) is 0 Å². The third kappa shape index (κ3) is 4.62. The third-order valence-corrected chi connectivity index (χ3v) is 4.61. The van der Waals surface area contributed by atoms with Crippen LogP contribution in [-0.4, -0.2) is 18.3 Å². The van der Waals surface area contributed by atoms with Crippen molar-refractivity contribution in [3.05, 3.63) is 30.1 Å². The van der Waals surface area contributed by atoms with E-state index in [9.17, 15) is 4.39 Å². The monoisotopic (exact) mass is 267 g/mol. The lowest BCUT2D eigenvalue weighted by Gasteiger charge is -2.26. The summed E-state index contributed by atoms with van der Waals surface area (Å²) in [5.41, 5.74) is 0. The summed E-state index contributed by atoms with van der Waals surface area (Å²) >= 11 is 1.72. The fourth-order valence-corrected chi connectivity index (χ4v) is 3.28. The molecule has 0 radical (unpaired) electrons. The number of hydrogen-bond donors (Lipinski definition) is 1. The summed E-state index contributed by atoms with van der Waals surface area (Å²) in [4.78, 5) is 1.02. The number of thioether (sulfide) groups is 1. The van der Waals surface area contributed by atoms with Gasteiger partial charge in [0, 0.05) is 23.2 Å². The van der Waals surface area contributed by atoms with Crippen LogP contribution in [0.4, 0.5) is 4.39 Å². The van der Waals surface area contributed by atoms with Crippen LogP contribution in [0.1, 0.15) is 32.6 Å². The lowest BCUT2D eigenvalue weighted by atomic mass is 9.87. The van der Waals surface area contributed by atoms with Crippen molar-refractivity contribution in [1.29, 1.82) is 0 Å². The Kier molecular flexibility index (Phi) is 5.51. The molecule has 100 valence electrons. The SMILES string of the molecule is CC1CCC(NCCSc2cccc(F)c2)CC1. The van der Waals surface area contributed by atoms with E-state index in [1.165, 1.54) is 31.7 Å². The Bertz CT molecular complexity index is 361. The predicted molar refractivity (Wildman–Crippen MR) is 76.5 cm³/mol. The first-order chi connectivity index (χ1) is 8.74. The third-order valence-electron chi connectivity index (χ3n) is 3.62. The highest BCUT2D eigenvalue weighted by Crippen LogP contribution is 2.23. The lowest BCUT2D eigenvalue weighted by molar-refractivity contribution is 0.312. The molecule has 1 saturated carbocycles. The first kappa shape index (κ1) is 13.9. The highest BCUT2D eigenvalue weighted by Gasteiger charge is 2.16. The molecule has 0 amide bonds. The summed E-state index contributed by atoms with van der Waals surface area (Å²) in [5, 5.41) is 3.61. The molecule has 0 aromatic heterocycles. The summed E-state index contributed by atoms with van der Waals surface area (Å²) < 4.78 is 13.0. The van der Waals surface area contributed by atoms with Crippen molar-refractivity contribution in [3.8, 4) is 0 Å². The van der Waals surface area contributed by atoms with E-state index >= 15 is 0 Å². The van der Waals surface area contributed by atoms with Crippen molar-refractivity contribution in [2.75, 3.05) is 12.3 Å². The molecule has 1 aromatic carbocycles. The molecular weight excluding hydrogens is 245 g/mol. The van der Waals surface area contributed by atoms with Crippen molar-refractivity contribution < 1.29 is 4.39 Å². The van der Waals surface area contributed by atoms with Gasteiger partial charge < -0.3 is 5.32 Å². The van der Waals surface area contributed by atoms with Crippen LogP contribution in [0.25, 0.3) is 0 Å². The largest absolute Gasteiger partial charge is 0.313 e. The van der Waals surface area contributed by atoms with Gasteiger partial charge in [-0.1, -0.05) is 13.0 Å². The standard InChI is InChI=1S/C15H22FNS/c1-12-5-7-14(8-6-12)17-9-10-18-15-4-2-3-13(16)11-15/h2-4,11-12,14,17H,5-10H2,1H3. The number of hydrogen-bond acceptors (Lipinski definition) is 2. The average Bonchev–Trinajstić information content (AvgIpc) is 2.37. The first-order valence-electron chi connectivity index (χ1n) is 6.86. The molecule has 1 aliphatic carbocycles. The first-order valence-corrected chi connectivity index (χ1v) is 7.84. The number of rotatable bonds is 5. The van der Waals surface area contributed by atoms with Crippen molar-refractivity contribution in [2.45, 2.75) is 43.5 Å². The zero-order chi connectivity index (χ0) is 12.8. The van der Waals surface area contributed by atoms with E-state index in [-0.39, 0.29) is 5.82 Å². The van der Waals surface area contributed by atoms with Gasteiger partial charge in [-0.3, -0.25) is 0 Å². The molecule has 1 N–H and O–H groups in total. The van der Waals surface area contributed by atoms with Crippen LogP contribution in [0.5, 0.6) is 0 Å². The van der Waals surface area contributed by atoms with Crippen molar-refractivity contribution in [1.82, 2.24) is 5.32 Å². The Hall–Kier alpha value is -0.540. The predicted octanol–water partition coefficient (Wildman–Crippen LogP) is 4.09. The molecule has 2 rings (SSSR count). The second kappa shape index (κ2) is 7.15. The molecule has 1 aromatic rings. The summed E-state index contributed by atoms with van der Waals surface area (Å²) in [6.45, 7) is 3.36. The minimum atomic E-state index is -0.144. The van der Waals surface area contributed by atoms with Gasteiger partial charge in [0.15, 0.2) is 0 Å². The van der Waals surface area contributed by atoms with Crippen molar-refractivity contribution in [2.24, 2.45) is 5.92 Å². The molecule has 0 spiro atoms. The molecule has 0 aliphatic heterocycles. The zero-order valence-corrected chi connectivity index (χ0v) is 11.8. The minimum absolute atomic E-state index is 0.144. The van der Waals surface area contributed by atoms with Crippen LogP contribution < -0.4 is 5.32 Å². The van der Waals surface area contributed by atoms with Gasteiger partial charge in [0.05, 0.1) is 0 Å². The summed E-state index contributed by atoms with van der Waals surface area (Å²) in [6, 6.07) is 7.54. The van der Waals surface area contributed by atoms with Crippen LogP contribution in [0.2, 0.25) is 0 Å². The Balaban J connectivity index is 1.61. The van der Waals surface area contributed by atoms with Gasteiger partial charge >= 0.3 is 0 Å². The number of halogens is 1. The molecule has 1 nitrogen and oxygen atoms in total. The topological polar surface area (TPSA) is 12.0 Å². The van der Waals surface area contributed by atoms with Crippen LogP contribution in [-0.2, 0) is 0 Å². The van der Waals surface area contributed by atoms with Gasteiger partial charge in [-0.05, 0) is 49.8 Å². The van der Waals surface area contributed by atoms with Crippen molar-refractivity contribution in [3.63, 3.8) is 0 Å². The van der Waals surface area contributed by atoms with Gasteiger partial charge in [-0.25, -0.2) is 4.39 Å². The van der Waals surface area contributed by atoms with Crippen molar-refractivity contribution >= 4 is 11.8 Å². The quantitative estimate of drug-likeness (QED) is 0.637. The van der Waals surface area contributed by atoms with Gasteiger partial charge in [0.2, 0.25) is 0 Å². The molecule has 1 fully saturated rings. The molecule has 18 heavy (non-hydrogen) atoms. The summed E-state index contributed by atoms with van der Waals surface area (Å²) in [6.07, 6.45) is 5.33. The Morgan fingerprint density at radius 2 is 2.06 bits per heavy atom. The Labute approximate surface area is 114 Å². The van der Waals surface area contributed by atoms with E-state index in [0.717, 1.165) is 23.1 Å². The fourth-order valence-electron chi connectivity index (χ4n) is 2.45. The normalized spacial score (nSPS) is 24.1. The van der Waals surface area contributed by atoms with E-state index in [1.54, 1.807) is 23.9 Å². The highest BCUT2D eigenvalue weighted by molar-refractivity contribution is 7.99. The minimum Gasteiger partial charge on any atom is -0.313 e. The van der Waals surface area contributed by atoms with Crippen LogP contribution >= 0.6 is 11.8 Å². The van der Waals surface area contributed by atoms with E-state index in [4.69, 9.17) is 0 Å². The average molecular weight is 267 g/mol. The van der Waals surface area contributed by atoms with Gasteiger partial charge in [-0.2, -0.15) is 0 Å².